The number of aliphatic hydroxyl groups is 1. The monoisotopic (exact) mass is 289 g/mol. The van der Waals surface area contributed by atoms with E-state index >= 15 is 0 Å². The Morgan fingerprint density at radius 3 is 2.76 bits per heavy atom. The Morgan fingerprint density at radius 1 is 1.19 bits per heavy atom. The summed E-state index contributed by atoms with van der Waals surface area (Å²) in [6.45, 7) is 0.349. The molecular weight excluding hydrogens is 273 g/mol. The van der Waals surface area contributed by atoms with Gasteiger partial charge in [0.25, 0.3) is 5.91 Å². The van der Waals surface area contributed by atoms with Crippen LogP contribution >= 0.6 is 0 Å². The molecule has 2 N–H and O–H groups in total. The van der Waals surface area contributed by atoms with Crippen LogP contribution in [0.4, 0.5) is 4.39 Å². The molecule has 21 heavy (non-hydrogen) atoms. The zero-order valence-corrected chi connectivity index (χ0v) is 11.4. The van der Waals surface area contributed by atoms with Gasteiger partial charge in [0.1, 0.15) is 18.2 Å². The first kappa shape index (κ1) is 15.0. The topological polar surface area (TPSA) is 58.6 Å². The van der Waals surface area contributed by atoms with Crippen molar-refractivity contribution in [1.29, 1.82) is 0 Å². The van der Waals surface area contributed by atoms with E-state index < -0.39 is 0 Å². The molecule has 0 saturated carbocycles. The Morgan fingerprint density at radius 2 is 2.00 bits per heavy atom. The lowest BCUT2D eigenvalue weighted by Crippen LogP contribution is -2.26. The molecule has 110 valence electrons. The van der Waals surface area contributed by atoms with Gasteiger partial charge in [-0.25, -0.2) is 4.39 Å². The van der Waals surface area contributed by atoms with E-state index in [4.69, 9.17) is 9.84 Å². The number of benzene rings is 2. The van der Waals surface area contributed by atoms with E-state index in [9.17, 15) is 9.18 Å². The fraction of sp³-hybridized carbons (Fsp3) is 0.188. The Kier molecular flexibility index (Phi) is 5.29. The molecular formula is C16H16FNO3. The Labute approximate surface area is 122 Å². The highest BCUT2D eigenvalue weighted by Gasteiger charge is 2.06. The normalized spacial score (nSPS) is 10.2. The zero-order chi connectivity index (χ0) is 15.1. The van der Waals surface area contributed by atoms with Gasteiger partial charge >= 0.3 is 0 Å². The number of ether oxygens (including phenoxy) is 1. The van der Waals surface area contributed by atoms with Crippen LogP contribution in [0.3, 0.4) is 0 Å². The summed E-state index contributed by atoms with van der Waals surface area (Å²) >= 11 is 0. The molecule has 0 spiro atoms. The van der Waals surface area contributed by atoms with E-state index in [1.807, 2.05) is 6.07 Å². The maximum Gasteiger partial charge on any atom is 0.251 e. The van der Waals surface area contributed by atoms with Crippen molar-refractivity contribution in [2.24, 2.45) is 0 Å². The molecule has 1 amide bonds. The summed E-state index contributed by atoms with van der Waals surface area (Å²) in [6.07, 6.45) is 0. The molecule has 2 aromatic carbocycles. The molecule has 0 saturated heterocycles. The van der Waals surface area contributed by atoms with E-state index in [2.05, 4.69) is 5.32 Å². The second-order valence-corrected chi connectivity index (χ2v) is 4.43. The van der Waals surface area contributed by atoms with Gasteiger partial charge in [-0.2, -0.15) is 0 Å². The number of hydrogen-bond acceptors (Lipinski definition) is 3. The van der Waals surface area contributed by atoms with Gasteiger partial charge in [-0.3, -0.25) is 4.79 Å². The molecule has 0 atom stereocenters. The lowest BCUT2D eigenvalue weighted by atomic mass is 10.1. The minimum absolute atomic E-state index is 0.103. The summed E-state index contributed by atoms with van der Waals surface area (Å²) in [5.41, 5.74) is 1.29. The molecule has 0 aliphatic heterocycles. The highest BCUT2D eigenvalue weighted by molar-refractivity contribution is 5.94. The number of rotatable bonds is 6. The highest BCUT2D eigenvalue weighted by atomic mass is 19.1. The molecule has 5 heteroatoms. The number of carbonyl (C=O) groups excluding carboxylic acids is 1. The number of amides is 1. The minimum Gasteiger partial charge on any atom is -0.489 e. The molecule has 0 heterocycles. The van der Waals surface area contributed by atoms with Crippen molar-refractivity contribution < 1.29 is 19.0 Å². The van der Waals surface area contributed by atoms with Crippen molar-refractivity contribution in [2.75, 3.05) is 13.2 Å². The summed E-state index contributed by atoms with van der Waals surface area (Å²) in [5.74, 6) is -0.175. The third-order valence-electron chi connectivity index (χ3n) is 2.79. The summed E-state index contributed by atoms with van der Waals surface area (Å²) in [4.78, 5) is 11.8. The Hall–Kier alpha value is -2.40. The van der Waals surface area contributed by atoms with E-state index in [-0.39, 0.29) is 31.5 Å². The predicted molar refractivity (Wildman–Crippen MR) is 76.6 cm³/mol. The van der Waals surface area contributed by atoms with Gasteiger partial charge in [-0.05, 0) is 29.8 Å². The SMILES string of the molecule is O=C(NCCO)c1cccc(COc2cccc(F)c2)c1. The predicted octanol–water partition coefficient (Wildman–Crippen LogP) is 2.13. The maximum atomic E-state index is 13.0. The highest BCUT2D eigenvalue weighted by Crippen LogP contribution is 2.14. The molecule has 0 fully saturated rings. The number of hydrogen-bond donors (Lipinski definition) is 2. The van der Waals surface area contributed by atoms with Crippen LogP contribution in [0.2, 0.25) is 0 Å². The average molecular weight is 289 g/mol. The van der Waals surface area contributed by atoms with Gasteiger partial charge in [0.2, 0.25) is 0 Å². The van der Waals surface area contributed by atoms with Gasteiger partial charge in [0.05, 0.1) is 6.61 Å². The van der Waals surface area contributed by atoms with E-state index in [1.54, 1.807) is 30.3 Å². The molecule has 0 unspecified atom stereocenters. The second-order valence-electron chi connectivity index (χ2n) is 4.43. The fourth-order valence-electron chi connectivity index (χ4n) is 1.80. The number of halogens is 1. The van der Waals surface area contributed by atoms with Crippen molar-refractivity contribution >= 4 is 5.91 Å². The summed E-state index contributed by atoms with van der Waals surface area (Å²) in [7, 11) is 0. The molecule has 4 nitrogen and oxygen atoms in total. The largest absolute Gasteiger partial charge is 0.489 e. The molecule has 0 aliphatic rings. The van der Waals surface area contributed by atoms with Gasteiger partial charge < -0.3 is 15.2 Å². The third kappa shape index (κ3) is 4.57. The van der Waals surface area contributed by atoms with Gasteiger partial charge in [0.15, 0.2) is 0 Å². The second kappa shape index (κ2) is 7.40. The van der Waals surface area contributed by atoms with Gasteiger partial charge in [-0.15, -0.1) is 0 Å². The Bertz CT molecular complexity index is 616. The van der Waals surface area contributed by atoms with Crippen molar-refractivity contribution in [1.82, 2.24) is 5.32 Å². The average Bonchev–Trinajstić information content (AvgIpc) is 2.51. The van der Waals surface area contributed by atoms with E-state index in [1.165, 1.54) is 12.1 Å². The number of carbonyl (C=O) groups is 1. The molecule has 2 rings (SSSR count). The zero-order valence-electron chi connectivity index (χ0n) is 11.4. The van der Waals surface area contributed by atoms with Crippen molar-refractivity contribution in [3.63, 3.8) is 0 Å². The molecule has 0 aromatic heterocycles. The fourth-order valence-corrected chi connectivity index (χ4v) is 1.80. The molecule has 2 aromatic rings. The smallest absolute Gasteiger partial charge is 0.251 e. The van der Waals surface area contributed by atoms with Crippen LogP contribution in [0, 0.1) is 5.82 Å². The van der Waals surface area contributed by atoms with Crippen molar-refractivity contribution in [3.8, 4) is 5.75 Å². The van der Waals surface area contributed by atoms with Crippen LogP contribution in [-0.2, 0) is 6.61 Å². The van der Waals surface area contributed by atoms with Crippen LogP contribution < -0.4 is 10.1 Å². The first-order valence-corrected chi connectivity index (χ1v) is 6.55. The van der Waals surface area contributed by atoms with E-state index in [0.717, 1.165) is 5.56 Å². The number of nitrogens with one attached hydrogen (secondary N) is 1. The molecule has 0 aliphatic carbocycles. The molecule has 0 radical (unpaired) electrons. The van der Waals surface area contributed by atoms with Crippen LogP contribution in [0.1, 0.15) is 15.9 Å². The van der Waals surface area contributed by atoms with Gasteiger partial charge in [0, 0.05) is 18.2 Å². The Balaban J connectivity index is 1.99. The van der Waals surface area contributed by atoms with Crippen LogP contribution in [0.25, 0.3) is 0 Å². The van der Waals surface area contributed by atoms with Crippen molar-refractivity contribution in [3.05, 3.63) is 65.5 Å². The summed E-state index contributed by atoms with van der Waals surface area (Å²) < 4.78 is 18.5. The van der Waals surface area contributed by atoms with E-state index in [0.29, 0.717) is 11.3 Å². The first-order valence-electron chi connectivity index (χ1n) is 6.55. The van der Waals surface area contributed by atoms with Gasteiger partial charge in [-0.1, -0.05) is 18.2 Å². The maximum absolute atomic E-state index is 13.0. The van der Waals surface area contributed by atoms with Crippen LogP contribution in [0.5, 0.6) is 5.75 Å². The third-order valence-corrected chi connectivity index (χ3v) is 2.79. The standard InChI is InChI=1S/C16H16FNO3/c17-14-5-2-6-15(10-14)21-11-12-3-1-4-13(9-12)16(20)18-7-8-19/h1-6,9-10,19H,7-8,11H2,(H,18,20). The lowest BCUT2D eigenvalue weighted by Gasteiger charge is -2.08. The van der Waals surface area contributed by atoms with Crippen LogP contribution in [0.15, 0.2) is 48.5 Å². The van der Waals surface area contributed by atoms with Crippen molar-refractivity contribution in [2.45, 2.75) is 6.61 Å². The first-order chi connectivity index (χ1) is 10.2. The summed E-state index contributed by atoms with van der Waals surface area (Å²) in [5, 5.41) is 11.3. The molecule has 0 bridgehead atoms. The lowest BCUT2D eigenvalue weighted by molar-refractivity contribution is 0.0944. The minimum atomic E-state index is -0.357. The summed E-state index contributed by atoms with van der Waals surface area (Å²) in [6, 6.07) is 12.8. The van der Waals surface area contributed by atoms with Crippen LogP contribution in [-0.4, -0.2) is 24.2 Å². The number of aliphatic hydroxyl groups excluding tert-OH is 1. The quantitative estimate of drug-likeness (QED) is 0.856.